The molecule has 0 unspecified atom stereocenters. The summed E-state index contributed by atoms with van der Waals surface area (Å²) in [5.74, 6) is 1.30. The van der Waals surface area contributed by atoms with E-state index in [1.807, 2.05) is 54.6 Å². The fraction of sp³-hybridized carbons (Fsp3) is 0. The molecular weight excluding hydrogens is 306 g/mol. The molecule has 0 amide bonds. The van der Waals surface area contributed by atoms with Crippen LogP contribution in [0.15, 0.2) is 96.8 Å². The molecular formula is C23H15NO. The molecule has 4 rings (SSSR count). The summed E-state index contributed by atoms with van der Waals surface area (Å²) in [4.78, 5) is 0. The number of nitriles is 1. The molecule has 1 heterocycles. The summed E-state index contributed by atoms with van der Waals surface area (Å²) in [6, 6.07) is 26.5. The van der Waals surface area contributed by atoms with Crippen molar-refractivity contribution < 1.29 is 4.74 Å². The van der Waals surface area contributed by atoms with Gasteiger partial charge in [0.05, 0.1) is 12.1 Å². The first-order chi connectivity index (χ1) is 12.3. The highest BCUT2D eigenvalue weighted by molar-refractivity contribution is 5.96. The third kappa shape index (κ3) is 2.96. The van der Waals surface area contributed by atoms with Crippen molar-refractivity contribution >= 4 is 22.1 Å². The second-order valence-corrected chi connectivity index (χ2v) is 5.78. The zero-order chi connectivity index (χ0) is 17.1. The maximum absolute atomic E-state index is 9.05. The summed E-state index contributed by atoms with van der Waals surface area (Å²) in [7, 11) is 0. The van der Waals surface area contributed by atoms with Gasteiger partial charge in [0.1, 0.15) is 11.5 Å². The monoisotopic (exact) mass is 321 g/mol. The zero-order valence-corrected chi connectivity index (χ0v) is 13.5. The van der Waals surface area contributed by atoms with Gasteiger partial charge in [-0.05, 0) is 34.1 Å². The second kappa shape index (κ2) is 6.51. The lowest BCUT2D eigenvalue weighted by Crippen LogP contribution is -1.99. The maximum Gasteiger partial charge on any atom is 0.138 e. The van der Waals surface area contributed by atoms with Crippen molar-refractivity contribution in [3.8, 4) is 6.07 Å². The van der Waals surface area contributed by atoms with Crippen LogP contribution in [-0.2, 0) is 4.74 Å². The van der Waals surface area contributed by atoms with E-state index in [1.165, 1.54) is 6.08 Å². The van der Waals surface area contributed by atoms with Crippen LogP contribution < -0.4 is 0 Å². The van der Waals surface area contributed by atoms with Gasteiger partial charge in [0.2, 0.25) is 0 Å². The van der Waals surface area contributed by atoms with E-state index in [0.717, 1.165) is 33.2 Å². The Balaban J connectivity index is 1.89. The van der Waals surface area contributed by atoms with Crippen molar-refractivity contribution in [2.75, 3.05) is 0 Å². The van der Waals surface area contributed by atoms with Crippen LogP contribution in [0.1, 0.15) is 11.1 Å². The molecule has 0 saturated heterocycles. The van der Waals surface area contributed by atoms with Crippen molar-refractivity contribution in [3.05, 3.63) is 108 Å². The predicted molar refractivity (Wildman–Crippen MR) is 101 cm³/mol. The molecule has 0 saturated carbocycles. The van der Waals surface area contributed by atoms with Gasteiger partial charge >= 0.3 is 0 Å². The van der Waals surface area contributed by atoms with Crippen LogP contribution in [0.3, 0.4) is 0 Å². The summed E-state index contributed by atoms with van der Waals surface area (Å²) in [5, 5.41) is 11.3. The standard InChI is InChI=1S/C23H15NO/c24-14-13-20-15-19(17-7-2-1-3-8-17)16-23(25-20)22-12-6-10-18-9-4-5-11-21(18)22/h1-13,15-16H/b20-13+. The Morgan fingerprint density at radius 1 is 0.800 bits per heavy atom. The lowest BCUT2D eigenvalue weighted by molar-refractivity contribution is 0.399. The first-order valence-electron chi connectivity index (χ1n) is 8.10. The van der Waals surface area contributed by atoms with Crippen molar-refractivity contribution in [1.82, 2.24) is 0 Å². The zero-order valence-electron chi connectivity index (χ0n) is 13.5. The Bertz CT molecular complexity index is 1060. The molecule has 0 fully saturated rings. The third-order valence-corrected chi connectivity index (χ3v) is 4.18. The lowest BCUT2D eigenvalue weighted by atomic mass is 9.98. The molecule has 3 aromatic rings. The van der Waals surface area contributed by atoms with Crippen molar-refractivity contribution in [2.45, 2.75) is 0 Å². The van der Waals surface area contributed by atoms with E-state index < -0.39 is 0 Å². The molecule has 25 heavy (non-hydrogen) atoms. The number of nitrogens with zero attached hydrogens (tertiary/aromatic N) is 1. The molecule has 0 N–H and O–H groups in total. The molecule has 0 radical (unpaired) electrons. The quantitative estimate of drug-likeness (QED) is 0.567. The molecule has 0 spiro atoms. The number of fused-ring (bicyclic) bond motifs is 1. The van der Waals surface area contributed by atoms with E-state index >= 15 is 0 Å². The molecule has 0 atom stereocenters. The molecule has 3 aromatic carbocycles. The molecule has 118 valence electrons. The highest BCUT2D eigenvalue weighted by Crippen LogP contribution is 2.34. The molecule has 2 heteroatoms. The molecule has 2 nitrogen and oxygen atoms in total. The van der Waals surface area contributed by atoms with Crippen LogP contribution in [-0.4, -0.2) is 0 Å². The van der Waals surface area contributed by atoms with E-state index in [0.29, 0.717) is 5.76 Å². The Morgan fingerprint density at radius 3 is 2.40 bits per heavy atom. The van der Waals surface area contributed by atoms with Crippen molar-refractivity contribution in [2.24, 2.45) is 0 Å². The minimum absolute atomic E-state index is 0.548. The Morgan fingerprint density at radius 2 is 1.56 bits per heavy atom. The first-order valence-corrected chi connectivity index (χ1v) is 8.10. The summed E-state index contributed by atoms with van der Waals surface area (Å²) >= 11 is 0. The van der Waals surface area contributed by atoms with Gasteiger partial charge < -0.3 is 4.74 Å². The van der Waals surface area contributed by atoms with E-state index in [2.05, 4.69) is 36.4 Å². The molecule has 1 aliphatic rings. The van der Waals surface area contributed by atoms with E-state index in [-0.39, 0.29) is 0 Å². The summed E-state index contributed by atoms with van der Waals surface area (Å²) < 4.78 is 6.00. The second-order valence-electron chi connectivity index (χ2n) is 5.78. The third-order valence-electron chi connectivity index (χ3n) is 4.18. The number of benzene rings is 3. The van der Waals surface area contributed by atoms with E-state index in [1.54, 1.807) is 0 Å². The van der Waals surface area contributed by atoms with Crippen LogP contribution >= 0.6 is 0 Å². The first kappa shape index (κ1) is 15.0. The van der Waals surface area contributed by atoms with Gasteiger partial charge in [-0.25, -0.2) is 0 Å². The highest BCUT2D eigenvalue weighted by atomic mass is 16.5. The van der Waals surface area contributed by atoms with Gasteiger partial charge in [0.25, 0.3) is 0 Å². The number of hydrogen-bond acceptors (Lipinski definition) is 2. The largest absolute Gasteiger partial charge is 0.456 e. The Labute approximate surface area is 146 Å². The average molecular weight is 321 g/mol. The van der Waals surface area contributed by atoms with Crippen molar-refractivity contribution in [3.63, 3.8) is 0 Å². The van der Waals surface area contributed by atoms with Crippen LogP contribution in [0.2, 0.25) is 0 Å². The van der Waals surface area contributed by atoms with Crippen LogP contribution in [0.5, 0.6) is 0 Å². The van der Waals surface area contributed by atoms with Gasteiger partial charge in [-0.3, -0.25) is 0 Å². The SMILES string of the molecule is N#C/C=C1\C=C(c2ccccc2)C=C(c2cccc3ccccc23)O1. The molecule has 0 aliphatic carbocycles. The van der Waals surface area contributed by atoms with Crippen molar-refractivity contribution in [1.29, 1.82) is 5.26 Å². The minimum Gasteiger partial charge on any atom is -0.456 e. The minimum atomic E-state index is 0.548. The van der Waals surface area contributed by atoms with Crippen LogP contribution in [0.4, 0.5) is 0 Å². The number of allylic oxidation sites excluding steroid dienone is 4. The molecule has 1 aliphatic heterocycles. The smallest absolute Gasteiger partial charge is 0.138 e. The number of rotatable bonds is 2. The average Bonchev–Trinajstić information content (AvgIpc) is 2.68. The fourth-order valence-corrected chi connectivity index (χ4v) is 3.03. The lowest BCUT2D eigenvalue weighted by Gasteiger charge is -2.19. The van der Waals surface area contributed by atoms with Gasteiger partial charge in [-0.1, -0.05) is 72.8 Å². The van der Waals surface area contributed by atoms with Crippen LogP contribution in [0.25, 0.3) is 22.1 Å². The molecule has 0 aromatic heterocycles. The molecule has 0 bridgehead atoms. The number of ether oxygens (including phenoxy) is 1. The van der Waals surface area contributed by atoms with Gasteiger partial charge in [0, 0.05) is 5.56 Å². The Kier molecular flexibility index (Phi) is 3.90. The Hall–Kier alpha value is -3.57. The highest BCUT2D eigenvalue weighted by Gasteiger charge is 2.16. The predicted octanol–water partition coefficient (Wildman–Crippen LogP) is 5.70. The number of hydrogen-bond donors (Lipinski definition) is 0. The normalized spacial score (nSPS) is 15.2. The van der Waals surface area contributed by atoms with Gasteiger partial charge in [-0.15, -0.1) is 0 Å². The summed E-state index contributed by atoms with van der Waals surface area (Å²) in [6.45, 7) is 0. The maximum atomic E-state index is 9.05. The fourth-order valence-electron chi connectivity index (χ4n) is 3.03. The van der Waals surface area contributed by atoms with Gasteiger partial charge in [-0.2, -0.15) is 5.26 Å². The van der Waals surface area contributed by atoms with E-state index in [4.69, 9.17) is 10.00 Å². The van der Waals surface area contributed by atoms with Crippen LogP contribution in [0, 0.1) is 11.3 Å². The van der Waals surface area contributed by atoms with Gasteiger partial charge in [0.15, 0.2) is 0 Å². The summed E-state index contributed by atoms with van der Waals surface area (Å²) in [5.41, 5.74) is 3.13. The summed E-state index contributed by atoms with van der Waals surface area (Å²) in [6.07, 6.45) is 5.36. The topological polar surface area (TPSA) is 33.0 Å². The van der Waals surface area contributed by atoms with E-state index in [9.17, 15) is 0 Å².